The third-order valence-corrected chi connectivity index (χ3v) is 6.24. The number of pyridine rings is 1. The van der Waals surface area contributed by atoms with E-state index in [1.807, 2.05) is 19.1 Å². The first-order valence-corrected chi connectivity index (χ1v) is 9.81. The molecule has 2 aromatic heterocycles. The van der Waals surface area contributed by atoms with Gasteiger partial charge >= 0.3 is 0 Å². The lowest BCUT2D eigenvalue weighted by Gasteiger charge is -2.34. The Bertz CT molecular complexity index is 733. The van der Waals surface area contributed by atoms with E-state index < -0.39 is 11.2 Å². The second-order valence-electron chi connectivity index (χ2n) is 6.30. The van der Waals surface area contributed by atoms with Gasteiger partial charge in [-0.3, -0.25) is 4.98 Å². The van der Waals surface area contributed by atoms with Crippen LogP contribution in [-0.4, -0.2) is 69.8 Å². The maximum absolute atomic E-state index is 12.0. The van der Waals surface area contributed by atoms with Crippen LogP contribution in [0.1, 0.15) is 6.92 Å². The summed E-state index contributed by atoms with van der Waals surface area (Å²) in [4.78, 5) is 18.5. The van der Waals surface area contributed by atoms with Gasteiger partial charge in [-0.1, -0.05) is 0 Å². The first-order valence-electron chi connectivity index (χ1n) is 8.43. The van der Waals surface area contributed by atoms with Crippen LogP contribution >= 0.6 is 24.8 Å². The van der Waals surface area contributed by atoms with Gasteiger partial charge in [-0.15, -0.1) is 24.8 Å². The first-order chi connectivity index (χ1) is 11.7. The van der Waals surface area contributed by atoms with Gasteiger partial charge in [0.1, 0.15) is 16.5 Å². The summed E-state index contributed by atoms with van der Waals surface area (Å²) in [6.45, 7) is 7.25. The number of fused-ring (bicyclic) bond motifs is 1. The van der Waals surface area contributed by atoms with Crippen LogP contribution in [0.5, 0.6) is 0 Å². The summed E-state index contributed by atoms with van der Waals surface area (Å²) < 4.78 is 12.0. The fourth-order valence-corrected chi connectivity index (χ4v) is 4.39. The van der Waals surface area contributed by atoms with Crippen LogP contribution in [0.15, 0.2) is 18.3 Å². The Balaban J connectivity index is 0.00000121. The van der Waals surface area contributed by atoms with Crippen molar-refractivity contribution in [1.29, 1.82) is 0 Å². The highest BCUT2D eigenvalue weighted by atomic mass is 35.5. The fourth-order valence-electron chi connectivity index (χ4n) is 3.24. The van der Waals surface area contributed by atoms with Gasteiger partial charge in [0.2, 0.25) is 5.95 Å². The van der Waals surface area contributed by atoms with Crippen molar-refractivity contribution in [2.75, 3.05) is 54.8 Å². The summed E-state index contributed by atoms with van der Waals surface area (Å²) in [5.74, 6) is 2.33. The van der Waals surface area contributed by atoms with Crippen molar-refractivity contribution in [3.8, 4) is 0 Å². The number of hydrogen-bond acceptors (Lipinski definition) is 7. The quantitative estimate of drug-likeness (QED) is 0.734. The number of aromatic nitrogens is 3. The van der Waals surface area contributed by atoms with Gasteiger partial charge in [-0.25, -0.2) is 4.98 Å². The number of hydrogen-bond donors (Lipinski definition) is 1. The van der Waals surface area contributed by atoms with E-state index in [0.29, 0.717) is 5.75 Å². The molecule has 0 radical (unpaired) electrons. The Morgan fingerprint density at radius 1 is 1.15 bits per heavy atom. The molecule has 10 heteroatoms. The number of anilines is 2. The molecule has 4 heterocycles. The maximum atomic E-state index is 12.0. The standard InChI is InChI=1S/C16H22N6OS.2ClH/c1-12-11-22(9-10-24(12)23)15-14-13(3-2-4-18-14)19-16(20-15)21-7-5-17-6-8-21;;/h2-4,12,17H,5-11H2,1H3;2*1H. The Labute approximate surface area is 169 Å². The third-order valence-electron chi connectivity index (χ3n) is 4.61. The molecule has 2 aromatic rings. The molecule has 2 fully saturated rings. The topological polar surface area (TPSA) is 80.2 Å². The molecule has 2 aliphatic heterocycles. The molecule has 26 heavy (non-hydrogen) atoms. The minimum Gasteiger partial charge on any atom is -0.616 e. The van der Waals surface area contributed by atoms with Crippen LogP contribution in [0.25, 0.3) is 11.0 Å². The molecule has 2 saturated heterocycles. The molecular weight excluding hydrogens is 395 g/mol. The van der Waals surface area contributed by atoms with Gasteiger partial charge in [-0.05, 0) is 30.2 Å². The molecule has 2 atom stereocenters. The summed E-state index contributed by atoms with van der Waals surface area (Å²) in [5, 5.41) is 3.50. The zero-order valence-electron chi connectivity index (χ0n) is 14.6. The van der Waals surface area contributed by atoms with Crippen molar-refractivity contribution in [3.05, 3.63) is 18.3 Å². The number of halogens is 2. The normalized spacial score (nSPS) is 23.3. The average Bonchev–Trinajstić information content (AvgIpc) is 2.64. The van der Waals surface area contributed by atoms with Gasteiger partial charge in [0.05, 0.1) is 18.6 Å². The van der Waals surface area contributed by atoms with E-state index in [1.54, 1.807) is 6.20 Å². The van der Waals surface area contributed by atoms with Crippen molar-refractivity contribution in [2.24, 2.45) is 0 Å². The fraction of sp³-hybridized carbons (Fsp3) is 0.562. The molecule has 7 nitrogen and oxygen atoms in total. The monoisotopic (exact) mass is 418 g/mol. The largest absolute Gasteiger partial charge is 0.616 e. The highest BCUT2D eigenvalue weighted by molar-refractivity contribution is 7.92. The Morgan fingerprint density at radius 3 is 2.65 bits per heavy atom. The molecule has 0 bridgehead atoms. The lowest BCUT2D eigenvalue weighted by atomic mass is 10.3. The Hall–Kier alpha value is -1.06. The van der Waals surface area contributed by atoms with Crippen LogP contribution < -0.4 is 15.1 Å². The predicted octanol–water partition coefficient (Wildman–Crippen LogP) is 1.24. The number of rotatable bonds is 2. The number of nitrogens with one attached hydrogen (secondary N) is 1. The molecule has 0 aromatic carbocycles. The van der Waals surface area contributed by atoms with Crippen LogP contribution in [0, 0.1) is 0 Å². The van der Waals surface area contributed by atoms with Crippen molar-refractivity contribution < 1.29 is 4.55 Å². The van der Waals surface area contributed by atoms with Gasteiger partial charge in [-0.2, -0.15) is 4.98 Å². The molecule has 0 aliphatic carbocycles. The van der Waals surface area contributed by atoms with E-state index in [0.717, 1.165) is 62.1 Å². The van der Waals surface area contributed by atoms with E-state index in [1.165, 1.54) is 0 Å². The van der Waals surface area contributed by atoms with E-state index in [-0.39, 0.29) is 30.1 Å². The second-order valence-corrected chi connectivity index (χ2v) is 8.27. The van der Waals surface area contributed by atoms with Gasteiger partial charge < -0.3 is 19.7 Å². The van der Waals surface area contributed by atoms with Crippen LogP contribution in [0.3, 0.4) is 0 Å². The van der Waals surface area contributed by atoms with E-state index >= 15 is 0 Å². The number of nitrogens with zero attached hydrogens (tertiary/aromatic N) is 5. The minimum absolute atomic E-state index is 0. The lowest BCUT2D eigenvalue weighted by molar-refractivity contribution is 0.566. The van der Waals surface area contributed by atoms with Gasteiger partial charge in [0, 0.05) is 32.4 Å². The maximum Gasteiger partial charge on any atom is 0.228 e. The van der Waals surface area contributed by atoms with Crippen LogP contribution in [-0.2, 0) is 11.2 Å². The van der Waals surface area contributed by atoms with Crippen molar-refractivity contribution in [2.45, 2.75) is 12.2 Å². The molecule has 0 amide bonds. The van der Waals surface area contributed by atoms with Gasteiger partial charge in [0.15, 0.2) is 5.82 Å². The summed E-state index contributed by atoms with van der Waals surface area (Å²) >= 11 is -0.747. The van der Waals surface area contributed by atoms with E-state index in [2.05, 4.69) is 20.1 Å². The SMILES string of the molecule is CC1CN(c2nc(N3CCNCC3)nc3cccnc23)CC[S+]1[O-].Cl.Cl. The first kappa shape index (κ1) is 21.2. The summed E-state index contributed by atoms with van der Waals surface area (Å²) in [5.41, 5.74) is 1.70. The predicted molar refractivity (Wildman–Crippen MR) is 112 cm³/mol. The molecule has 0 saturated carbocycles. The minimum atomic E-state index is -0.747. The summed E-state index contributed by atoms with van der Waals surface area (Å²) in [7, 11) is 0. The van der Waals surface area contributed by atoms with Crippen LogP contribution in [0.2, 0.25) is 0 Å². The Kier molecular flexibility index (Phi) is 7.54. The summed E-state index contributed by atoms with van der Waals surface area (Å²) in [6.07, 6.45) is 1.78. The second kappa shape index (κ2) is 9.23. The van der Waals surface area contributed by atoms with Crippen molar-refractivity contribution >= 4 is 58.8 Å². The Morgan fingerprint density at radius 2 is 1.92 bits per heavy atom. The smallest absolute Gasteiger partial charge is 0.228 e. The molecule has 2 aliphatic rings. The number of piperazine rings is 1. The molecule has 1 N–H and O–H groups in total. The average molecular weight is 419 g/mol. The van der Waals surface area contributed by atoms with Gasteiger partial charge in [0.25, 0.3) is 0 Å². The highest BCUT2D eigenvalue weighted by Crippen LogP contribution is 2.27. The molecule has 0 spiro atoms. The third kappa shape index (κ3) is 4.26. The van der Waals surface area contributed by atoms with Crippen molar-refractivity contribution in [3.63, 3.8) is 0 Å². The van der Waals surface area contributed by atoms with Crippen molar-refractivity contribution in [1.82, 2.24) is 20.3 Å². The molecule has 4 rings (SSSR count). The molecule has 144 valence electrons. The zero-order valence-corrected chi connectivity index (χ0v) is 17.1. The highest BCUT2D eigenvalue weighted by Gasteiger charge is 2.30. The molecule has 2 unspecified atom stereocenters. The lowest BCUT2D eigenvalue weighted by Crippen LogP contribution is -2.47. The van der Waals surface area contributed by atoms with E-state index in [4.69, 9.17) is 9.97 Å². The van der Waals surface area contributed by atoms with Crippen LogP contribution in [0.4, 0.5) is 11.8 Å². The zero-order chi connectivity index (χ0) is 16.5. The molecular formula is C16H24Cl2N6OS. The van der Waals surface area contributed by atoms with E-state index in [9.17, 15) is 4.55 Å². The summed E-state index contributed by atoms with van der Waals surface area (Å²) in [6, 6.07) is 3.90.